The molecule has 1 saturated heterocycles. The first-order valence-corrected chi connectivity index (χ1v) is 11.2. The van der Waals surface area contributed by atoms with Crippen molar-refractivity contribution in [3.05, 3.63) is 66.5 Å². The maximum atomic E-state index is 13.5. The van der Waals surface area contributed by atoms with Crippen molar-refractivity contribution in [1.82, 2.24) is 4.90 Å². The number of anilines is 2. The SMILES string of the molecule is CN1CCCN(c2ccc(S(=O)(=O)Nc3cccc(F)c3)c3ccccc23)CC1. The van der Waals surface area contributed by atoms with Crippen LogP contribution in [-0.4, -0.2) is 46.5 Å². The Kier molecular flexibility index (Phi) is 5.43. The highest BCUT2D eigenvalue weighted by molar-refractivity contribution is 7.93. The summed E-state index contributed by atoms with van der Waals surface area (Å²) >= 11 is 0. The molecule has 0 aliphatic carbocycles. The Labute approximate surface area is 170 Å². The Hall–Kier alpha value is -2.64. The summed E-state index contributed by atoms with van der Waals surface area (Å²) in [6.45, 7) is 3.85. The Morgan fingerprint density at radius 2 is 1.69 bits per heavy atom. The molecule has 1 aliphatic heterocycles. The fraction of sp³-hybridized carbons (Fsp3) is 0.273. The second-order valence-electron chi connectivity index (χ2n) is 7.39. The van der Waals surface area contributed by atoms with E-state index in [2.05, 4.69) is 21.6 Å². The fourth-order valence-electron chi connectivity index (χ4n) is 3.82. The largest absolute Gasteiger partial charge is 0.370 e. The highest BCUT2D eigenvalue weighted by atomic mass is 32.2. The van der Waals surface area contributed by atoms with Crippen molar-refractivity contribution in [2.24, 2.45) is 0 Å². The van der Waals surface area contributed by atoms with Gasteiger partial charge in [0.05, 0.1) is 10.6 Å². The number of nitrogens with zero attached hydrogens (tertiary/aromatic N) is 2. The van der Waals surface area contributed by atoms with Crippen LogP contribution in [0, 0.1) is 5.82 Å². The molecule has 7 heteroatoms. The van der Waals surface area contributed by atoms with Crippen LogP contribution >= 0.6 is 0 Å². The minimum absolute atomic E-state index is 0.188. The lowest BCUT2D eigenvalue weighted by Crippen LogP contribution is -2.29. The van der Waals surface area contributed by atoms with Gasteiger partial charge in [0.15, 0.2) is 0 Å². The summed E-state index contributed by atoms with van der Waals surface area (Å²) in [5.74, 6) is -0.489. The third-order valence-corrected chi connectivity index (χ3v) is 6.73. The van der Waals surface area contributed by atoms with Gasteiger partial charge < -0.3 is 9.80 Å². The maximum absolute atomic E-state index is 13.5. The Morgan fingerprint density at radius 1 is 0.897 bits per heavy atom. The van der Waals surface area contributed by atoms with Gasteiger partial charge in [0.1, 0.15) is 5.82 Å². The summed E-state index contributed by atoms with van der Waals surface area (Å²) in [4.78, 5) is 4.82. The molecule has 1 aliphatic rings. The van der Waals surface area contributed by atoms with E-state index in [1.165, 1.54) is 24.3 Å². The molecule has 0 amide bonds. The molecule has 0 saturated carbocycles. The lowest BCUT2D eigenvalue weighted by Gasteiger charge is -2.25. The quantitative estimate of drug-likeness (QED) is 0.704. The van der Waals surface area contributed by atoms with Gasteiger partial charge in [0.2, 0.25) is 0 Å². The van der Waals surface area contributed by atoms with Gasteiger partial charge in [-0.2, -0.15) is 0 Å². The van der Waals surface area contributed by atoms with Crippen molar-refractivity contribution in [2.75, 3.05) is 42.8 Å². The summed E-state index contributed by atoms with van der Waals surface area (Å²) in [5.41, 5.74) is 1.24. The molecule has 3 aromatic carbocycles. The van der Waals surface area contributed by atoms with Gasteiger partial charge >= 0.3 is 0 Å². The van der Waals surface area contributed by atoms with Crippen LogP contribution in [0.15, 0.2) is 65.6 Å². The van der Waals surface area contributed by atoms with Crippen molar-refractivity contribution < 1.29 is 12.8 Å². The molecule has 1 heterocycles. The average molecular weight is 414 g/mol. The van der Waals surface area contributed by atoms with Crippen LogP contribution in [0.5, 0.6) is 0 Å². The van der Waals surface area contributed by atoms with Crippen molar-refractivity contribution in [3.63, 3.8) is 0 Å². The molecule has 4 rings (SSSR count). The Balaban J connectivity index is 1.75. The molecule has 1 N–H and O–H groups in total. The fourth-order valence-corrected chi connectivity index (χ4v) is 5.08. The van der Waals surface area contributed by atoms with E-state index in [0.717, 1.165) is 43.7 Å². The van der Waals surface area contributed by atoms with Gasteiger partial charge in [-0.1, -0.05) is 30.3 Å². The normalized spacial score (nSPS) is 16.0. The molecule has 1 fully saturated rings. The van der Waals surface area contributed by atoms with Crippen LogP contribution in [-0.2, 0) is 10.0 Å². The van der Waals surface area contributed by atoms with Gasteiger partial charge in [-0.25, -0.2) is 12.8 Å². The summed E-state index contributed by atoms with van der Waals surface area (Å²) in [6.07, 6.45) is 1.06. The van der Waals surface area contributed by atoms with E-state index in [1.54, 1.807) is 6.07 Å². The number of halogens is 1. The van der Waals surface area contributed by atoms with E-state index in [1.807, 2.05) is 30.3 Å². The van der Waals surface area contributed by atoms with Crippen molar-refractivity contribution >= 4 is 32.2 Å². The molecule has 0 bridgehead atoms. The van der Waals surface area contributed by atoms with Crippen molar-refractivity contribution in [2.45, 2.75) is 11.3 Å². The highest BCUT2D eigenvalue weighted by Crippen LogP contribution is 2.33. The van der Waals surface area contributed by atoms with Gasteiger partial charge in [0.25, 0.3) is 10.0 Å². The molecule has 0 radical (unpaired) electrons. The molecular formula is C22H24FN3O2S. The second kappa shape index (κ2) is 8.00. The summed E-state index contributed by atoms with van der Waals surface area (Å²) in [7, 11) is -1.74. The summed E-state index contributed by atoms with van der Waals surface area (Å²) in [5, 5.41) is 1.56. The van der Waals surface area contributed by atoms with Gasteiger partial charge in [0, 0.05) is 36.1 Å². The van der Waals surface area contributed by atoms with Gasteiger partial charge in [-0.15, -0.1) is 0 Å². The first kappa shape index (κ1) is 19.7. The van der Waals surface area contributed by atoms with Crippen LogP contribution in [0.3, 0.4) is 0 Å². The first-order valence-electron chi connectivity index (χ1n) is 9.68. The zero-order valence-electron chi connectivity index (χ0n) is 16.3. The number of hydrogen-bond acceptors (Lipinski definition) is 4. The number of sulfonamides is 1. The number of nitrogens with one attached hydrogen (secondary N) is 1. The van der Waals surface area contributed by atoms with E-state index in [4.69, 9.17) is 0 Å². The number of hydrogen-bond donors (Lipinski definition) is 1. The summed E-state index contributed by atoms with van der Waals surface area (Å²) in [6, 6.07) is 16.5. The molecule has 3 aromatic rings. The summed E-state index contributed by atoms with van der Waals surface area (Å²) < 4.78 is 42.1. The lowest BCUT2D eigenvalue weighted by molar-refractivity contribution is 0.360. The van der Waals surface area contributed by atoms with E-state index in [-0.39, 0.29) is 10.6 Å². The molecule has 0 spiro atoms. The minimum atomic E-state index is -3.86. The van der Waals surface area contributed by atoms with Gasteiger partial charge in [-0.3, -0.25) is 4.72 Å². The van der Waals surface area contributed by atoms with Crippen LogP contribution in [0.4, 0.5) is 15.8 Å². The smallest absolute Gasteiger partial charge is 0.262 e. The van der Waals surface area contributed by atoms with E-state index >= 15 is 0 Å². The number of likely N-dealkylation sites (N-methyl/N-ethyl adjacent to an activating group) is 1. The topological polar surface area (TPSA) is 52.7 Å². The average Bonchev–Trinajstić information content (AvgIpc) is 2.91. The van der Waals surface area contributed by atoms with E-state index < -0.39 is 15.8 Å². The molecule has 0 unspecified atom stereocenters. The monoisotopic (exact) mass is 413 g/mol. The zero-order chi connectivity index (χ0) is 20.4. The lowest BCUT2D eigenvalue weighted by atomic mass is 10.1. The number of benzene rings is 3. The van der Waals surface area contributed by atoms with E-state index in [0.29, 0.717) is 5.39 Å². The van der Waals surface area contributed by atoms with Crippen molar-refractivity contribution in [3.8, 4) is 0 Å². The third-order valence-electron chi connectivity index (χ3n) is 5.29. The first-order chi connectivity index (χ1) is 13.9. The van der Waals surface area contributed by atoms with Crippen LogP contribution in [0.2, 0.25) is 0 Å². The molecule has 152 valence electrons. The molecule has 0 aromatic heterocycles. The standard InChI is InChI=1S/C22H24FN3O2S/c1-25-12-5-13-26(15-14-25)21-10-11-22(20-9-3-2-8-19(20)21)29(27,28)24-18-7-4-6-17(23)16-18/h2-4,6-11,16,24H,5,12-15H2,1H3. The van der Waals surface area contributed by atoms with Gasteiger partial charge in [-0.05, 0) is 50.3 Å². The zero-order valence-corrected chi connectivity index (χ0v) is 17.1. The second-order valence-corrected chi connectivity index (χ2v) is 9.04. The molecule has 0 atom stereocenters. The Morgan fingerprint density at radius 3 is 2.48 bits per heavy atom. The van der Waals surface area contributed by atoms with Crippen molar-refractivity contribution in [1.29, 1.82) is 0 Å². The molecule has 29 heavy (non-hydrogen) atoms. The predicted octanol–water partition coefficient (Wildman–Crippen LogP) is 3.92. The molecular weight excluding hydrogens is 389 g/mol. The number of rotatable bonds is 4. The van der Waals surface area contributed by atoms with Crippen LogP contribution in [0.1, 0.15) is 6.42 Å². The Bertz CT molecular complexity index is 1130. The maximum Gasteiger partial charge on any atom is 0.262 e. The third kappa shape index (κ3) is 4.21. The molecule has 5 nitrogen and oxygen atoms in total. The van der Waals surface area contributed by atoms with E-state index in [9.17, 15) is 12.8 Å². The van der Waals surface area contributed by atoms with Crippen LogP contribution < -0.4 is 9.62 Å². The predicted molar refractivity (Wildman–Crippen MR) is 115 cm³/mol. The van der Waals surface area contributed by atoms with Crippen LogP contribution in [0.25, 0.3) is 10.8 Å². The highest BCUT2D eigenvalue weighted by Gasteiger charge is 2.21. The minimum Gasteiger partial charge on any atom is -0.370 e. The number of fused-ring (bicyclic) bond motifs is 1.